The summed E-state index contributed by atoms with van der Waals surface area (Å²) in [6.45, 7) is 0.133. The lowest BCUT2D eigenvalue weighted by atomic mass is 9.90. The number of benzene rings is 1. The Morgan fingerprint density at radius 2 is 1.82 bits per heavy atom. The van der Waals surface area contributed by atoms with E-state index >= 15 is 0 Å². The van der Waals surface area contributed by atoms with E-state index in [9.17, 15) is 9.59 Å². The summed E-state index contributed by atoms with van der Waals surface area (Å²) >= 11 is 0. The Kier molecular flexibility index (Phi) is 6.21. The summed E-state index contributed by atoms with van der Waals surface area (Å²) in [6, 6.07) is 9.37. The second kappa shape index (κ2) is 8.38. The largest absolute Gasteiger partial charge is 0.480 e. The Bertz CT molecular complexity index is 492. The molecule has 2 atom stereocenters. The van der Waals surface area contributed by atoms with Gasteiger partial charge in [0.15, 0.2) is 0 Å². The van der Waals surface area contributed by atoms with Crippen LogP contribution in [0.5, 0.6) is 0 Å². The van der Waals surface area contributed by atoms with Crippen LogP contribution in [-0.2, 0) is 16.1 Å². The molecule has 6 heteroatoms. The van der Waals surface area contributed by atoms with Gasteiger partial charge in [0.2, 0.25) is 0 Å². The summed E-state index contributed by atoms with van der Waals surface area (Å²) in [7, 11) is 0. The number of carboxylic acids is 1. The molecular weight excluding hydrogens is 284 g/mol. The van der Waals surface area contributed by atoms with Gasteiger partial charge in [-0.15, -0.1) is 0 Å². The Morgan fingerprint density at radius 3 is 2.50 bits per heavy atom. The van der Waals surface area contributed by atoms with Crippen molar-refractivity contribution in [2.75, 3.05) is 6.54 Å². The number of carboxylic acid groups (broad SMARTS) is 1. The molecule has 0 radical (unpaired) electrons. The summed E-state index contributed by atoms with van der Waals surface area (Å²) in [5.41, 5.74) is 0.932. The van der Waals surface area contributed by atoms with Gasteiger partial charge in [0.05, 0.1) is 6.54 Å². The van der Waals surface area contributed by atoms with Gasteiger partial charge in [-0.05, 0) is 18.4 Å². The Hall–Kier alpha value is -2.08. The molecule has 22 heavy (non-hydrogen) atoms. The maximum absolute atomic E-state index is 11.9. The molecule has 2 rings (SSSR count). The van der Waals surface area contributed by atoms with Crippen LogP contribution in [0, 0.1) is 0 Å². The molecule has 1 aliphatic rings. The van der Waals surface area contributed by atoms with Gasteiger partial charge >= 0.3 is 12.1 Å². The molecule has 2 unspecified atom stereocenters. The molecule has 6 nitrogen and oxygen atoms in total. The second-order valence-electron chi connectivity index (χ2n) is 5.48. The SMILES string of the molecule is O=C(O)CNC1CCCCC1NC(=O)OCc1ccccc1. The van der Waals surface area contributed by atoms with Crippen molar-refractivity contribution in [1.29, 1.82) is 0 Å². The number of hydrogen-bond donors (Lipinski definition) is 3. The molecule has 1 aliphatic carbocycles. The van der Waals surface area contributed by atoms with Crippen LogP contribution in [0.3, 0.4) is 0 Å². The monoisotopic (exact) mass is 306 g/mol. The Balaban J connectivity index is 1.79. The summed E-state index contributed by atoms with van der Waals surface area (Å²) < 4.78 is 5.21. The van der Waals surface area contributed by atoms with Gasteiger partial charge in [-0.1, -0.05) is 43.2 Å². The number of ether oxygens (including phenoxy) is 1. The van der Waals surface area contributed by atoms with E-state index in [0.717, 1.165) is 31.2 Å². The average Bonchev–Trinajstić information content (AvgIpc) is 2.53. The van der Waals surface area contributed by atoms with Gasteiger partial charge in [-0.2, -0.15) is 0 Å². The molecule has 3 N–H and O–H groups in total. The van der Waals surface area contributed by atoms with Crippen molar-refractivity contribution in [1.82, 2.24) is 10.6 Å². The van der Waals surface area contributed by atoms with Crippen LogP contribution in [0.15, 0.2) is 30.3 Å². The van der Waals surface area contributed by atoms with Gasteiger partial charge in [0, 0.05) is 12.1 Å². The molecule has 0 bridgehead atoms. The lowest BCUT2D eigenvalue weighted by Gasteiger charge is -2.32. The molecule has 0 heterocycles. The highest BCUT2D eigenvalue weighted by atomic mass is 16.5. The predicted octanol–water partition coefficient (Wildman–Crippen LogP) is 1.90. The molecule has 120 valence electrons. The second-order valence-corrected chi connectivity index (χ2v) is 5.48. The third kappa shape index (κ3) is 5.37. The van der Waals surface area contributed by atoms with Crippen LogP contribution in [0.1, 0.15) is 31.2 Å². The molecule has 1 fully saturated rings. The zero-order chi connectivity index (χ0) is 15.8. The molecule has 1 saturated carbocycles. The fourth-order valence-corrected chi connectivity index (χ4v) is 2.68. The molecule has 1 aromatic rings. The molecule has 1 amide bonds. The number of carbonyl (C=O) groups excluding carboxylic acids is 1. The van der Waals surface area contributed by atoms with E-state index in [1.54, 1.807) is 0 Å². The molecule has 0 aliphatic heterocycles. The first kappa shape index (κ1) is 16.3. The van der Waals surface area contributed by atoms with Gasteiger partial charge in [0.1, 0.15) is 6.61 Å². The van der Waals surface area contributed by atoms with Crippen molar-refractivity contribution in [3.63, 3.8) is 0 Å². The van der Waals surface area contributed by atoms with Gasteiger partial charge in [-0.25, -0.2) is 4.79 Å². The molecule has 0 spiro atoms. The van der Waals surface area contributed by atoms with Crippen molar-refractivity contribution in [2.45, 2.75) is 44.4 Å². The third-order valence-corrected chi connectivity index (χ3v) is 3.80. The number of hydrogen-bond acceptors (Lipinski definition) is 4. The van der Waals surface area contributed by atoms with E-state index in [1.165, 1.54) is 0 Å². The number of aliphatic carboxylic acids is 1. The Morgan fingerprint density at radius 1 is 1.14 bits per heavy atom. The van der Waals surface area contributed by atoms with E-state index < -0.39 is 12.1 Å². The summed E-state index contributed by atoms with van der Waals surface area (Å²) in [5, 5.41) is 14.6. The average molecular weight is 306 g/mol. The first-order chi connectivity index (χ1) is 10.6. The smallest absolute Gasteiger partial charge is 0.407 e. The van der Waals surface area contributed by atoms with Crippen molar-refractivity contribution in [3.05, 3.63) is 35.9 Å². The summed E-state index contributed by atoms with van der Waals surface area (Å²) in [4.78, 5) is 22.5. The fraction of sp³-hybridized carbons (Fsp3) is 0.500. The summed E-state index contributed by atoms with van der Waals surface area (Å²) in [5.74, 6) is -0.893. The minimum atomic E-state index is -0.893. The van der Waals surface area contributed by atoms with Crippen LogP contribution >= 0.6 is 0 Å². The Labute approximate surface area is 129 Å². The topological polar surface area (TPSA) is 87.7 Å². The van der Waals surface area contributed by atoms with E-state index in [1.807, 2.05) is 30.3 Å². The van der Waals surface area contributed by atoms with Crippen LogP contribution in [-0.4, -0.2) is 35.8 Å². The highest BCUT2D eigenvalue weighted by Crippen LogP contribution is 2.18. The minimum Gasteiger partial charge on any atom is -0.480 e. The molecule has 1 aromatic carbocycles. The van der Waals surface area contributed by atoms with Crippen LogP contribution in [0.2, 0.25) is 0 Å². The molecule has 0 aromatic heterocycles. The van der Waals surface area contributed by atoms with E-state index in [2.05, 4.69) is 10.6 Å². The summed E-state index contributed by atoms with van der Waals surface area (Å²) in [6.07, 6.45) is 3.29. The first-order valence-electron chi connectivity index (χ1n) is 7.57. The zero-order valence-corrected chi connectivity index (χ0v) is 12.5. The van der Waals surface area contributed by atoms with Gasteiger partial charge in [-0.3, -0.25) is 4.79 Å². The van der Waals surface area contributed by atoms with Gasteiger partial charge in [0.25, 0.3) is 0 Å². The number of amides is 1. The highest BCUT2D eigenvalue weighted by molar-refractivity contribution is 5.69. The van der Waals surface area contributed by atoms with Crippen LogP contribution in [0.4, 0.5) is 4.79 Å². The molecule has 0 saturated heterocycles. The van der Waals surface area contributed by atoms with Crippen LogP contribution < -0.4 is 10.6 Å². The quantitative estimate of drug-likeness (QED) is 0.747. The number of alkyl carbamates (subject to hydrolysis) is 1. The number of nitrogens with one attached hydrogen (secondary N) is 2. The maximum atomic E-state index is 11.9. The van der Waals surface area contributed by atoms with E-state index in [0.29, 0.717) is 0 Å². The normalized spacial score (nSPS) is 21.1. The van der Waals surface area contributed by atoms with Gasteiger partial charge < -0.3 is 20.5 Å². The number of carbonyl (C=O) groups is 2. The zero-order valence-electron chi connectivity index (χ0n) is 12.5. The standard InChI is InChI=1S/C16H22N2O4/c19-15(20)10-17-13-8-4-5-9-14(13)18-16(21)22-11-12-6-2-1-3-7-12/h1-3,6-7,13-14,17H,4-5,8-11H2,(H,18,21)(H,19,20). The minimum absolute atomic E-state index is 0.0193. The van der Waals surface area contributed by atoms with Crippen molar-refractivity contribution in [3.8, 4) is 0 Å². The third-order valence-electron chi connectivity index (χ3n) is 3.80. The van der Waals surface area contributed by atoms with Crippen molar-refractivity contribution >= 4 is 12.1 Å². The number of rotatable bonds is 6. The fourth-order valence-electron chi connectivity index (χ4n) is 2.68. The predicted molar refractivity (Wildman–Crippen MR) is 81.4 cm³/mol. The molecular formula is C16H22N2O4. The van der Waals surface area contributed by atoms with Crippen molar-refractivity contribution in [2.24, 2.45) is 0 Å². The van der Waals surface area contributed by atoms with E-state index in [4.69, 9.17) is 9.84 Å². The maximum Gasteiger partial charge on any atom is 0.407 e. The lowest BCUT2D eigenvalue weighted by Crippen LogP contribution is -2.52. The lowest BCUT2D eigenvalue weighted by molar-refractivity contribution is -0.136. The highest BCUT2D eigenvalue weighted by Gasteiger charge is 2.27. The van der Waals surface area contributed by atoms with Crippen molar-refractivity contribution < 1.29 is 19.4 Å². The van der Waals surface area contributed by atoms with E-state index in [-0.39, 0.29) is 25.2 Å². The first-order valence-corrected chi connectivity index (χ1v) is 7.57. The van der Waals surface area contributed by atoms with Crippen LogP contribution in [0.25, 0.3) is 0 Å².